The third kappa shape index (κ3) is 11.5. The third-order valence-corrected chi connectivity index (χ3v) is 4.25. The van der Waals surface area contributed by atoms with Crippen LogP contribution in [0.1, 0.15) is 83.0 Å². The number of aryl methyl sites for hydroxylation is 1. The SMILES string of the molecule is CCCCCCOC(=O)/C=C/c1nccnc1CCC(=O)OCCCCCC. The van der Waals surface area contributed by atoms with E-state index in [0.29, 0.717) is 31.0 Å². The first-order chi connectivity index (χ1) is 13.7. The molecule has 0 bridgehead atoms. The number of nitrogens with zero attached hydrogens (tertiary/aromatic N) is 2. The average Bonchev–Trinajstić information content (AvgIpc) is 2.71. The molecule has 1 aromatic heterocycles. The second kappa shape index (κ2) is 15.8. The summed E-state index contributed by atoms with van der Waals surface area (Å²) in [5, 5.41) is 0. The normalized spacial score (nSPS) is 10.9. The zero-order valence-corrected chi connectivity index (χ0v) is 17.3. The molecule has 0 N–H and O–H groups in total. The fraction of sp³-hybridized carbons (Fsp3) is 0.636. The van der Waals surface area contributed by atoms with E-state index in [-0.39, 0.29) is 18.4 Å². The fourth-order valence-corrected chi connectivity index (χ4v) is 2.61. The largest absolute Gasteiger partial charge is 0.466 e. The number of unbranched alkanes of at least 4 members (excludes halogenated alkanes) is 6. The van der Waals surface area contributed by atoms with Crippen LogP contribution in [-0.2, 0) is 25.5 Å². The number of aromatic nitrogens is 2. The van der Waals surface area contributed by atoms with Crippen molar-refractivity contribution in [2.75, 3.05) is 13.2 Å². The zero-order valence-electron chi connectivity index (χ0n) is 17.3. The van der Waals surface area contributed by atoms with Crippen LogP contribution in [0, 0.1) is 0 Å². The standard InChI is InChI=1S/C22H34N2O4/c1-3-5-7-9-17-27-21(25)13-11-19-20(24-16-15-23-19)12-14-22(26)28-18-10-8-6-4-2/h11,13,15-16H,3-10,12,14,17-18H2,1-2H3/b13-11+. The summed E-state index contributed by atoms with van der Waals surface area (Å²) >= 11 is 0. The lowest BCUT2D eigenvalue weighted by atomic mass is 10.2. The Hall–Kier alpha value is -2.24. The van der Waals surface area contributed by atoms with E-state index in [1.807, 2.05) is 0 Å². The van der Waals surface area contributed by atoms with Gasteiger partial charge in [-0.3, -0.25) is 14.8 Å². The Morgan fingerprint density at radius 2 is 1.54 bits per heavy atom. The Morgan fingerprint density at radius 1 is 0.893 bits per heavy atom. The molecule has 28 heavy (non-hydrogen) atoms. The highest BCUT2D eigenvalue weighted by Crippen LogP contribution is 2.09. The van der Waals surface area contributed by atoms with Crippen molar-refractivity contribution in [1.29, 1.82) is 0 Å². The molecular formula is C22H34N2O4. The highest BCUT2D eigenvalue weighted by molar-refractivity contribution is 5.86. The maximum absolute atomic E-state index is 11.9. The maximum Gasteiger partial charge on any atom is 0.330 e. The average molecular weight is 391 g/mol. The van der Waals surface area contributed by atoms with Crippen molar-refractivity contribution in [3.63, 3.8) is 0 Å². The number of hydrogen-bond acceptors (Lipinski definition) is 6. The van der Waals surface area contributed by atoms with Crippen molar-refractivity contribution in [3.05, 3.63) is 29.9 Å². The molecule has 1 aromatic rings. The van der Waals surface area contributed by atoms with Gasteiger partial charge in [-0.1, -0.05) is 52.4 Å². The monoisotopic (exact) mass is 390 g/mol. The van der Waals surface area contributed by atoms with Crippen molar-refractivity contribution in [2.24, 2.45) is 0 Å². The molecule has 0 atom stereocenters. The van der Waals surface area contributed by atoms with Crippen LogP contribution in [0.15, 0.2) is 18.5 Å². The number of ether oxygens (including phenoxy) is 2. The number of esters is 2. The Balaban J connectivity index is 2.38. The summed E-state index contributed by atoms with van der Waals surface area (Å²) in [6, 6.07) is 0. The number of carbonyl (C=O) groups is 2. The van der Waals surface area contributed by atoms with Gasteiger partial charge in [0.2, 0.25) is 0 Å². The van der Waals surface area contributed by atoms with Gasteiger partial charge in [-0.15, -0.1) is 0 Å². The van der Waals surface area contributed by atoms with E-state index in [4.69, 9.17) is 9.47 Å². The topological polar surface area (TPSA) is 78.4 Å². The van der Waals surface area contributed by atoms with Crippen molar-refractivity contribution >= 4 is 18.0 Å². The van der Waals surface area contributed by atoms with E-state index >= 15 is 0 Å². The van der Waals surface area contributed by atoms with Gasteiger partial charge in [0.1, 0.15) is 0 Å². The smallest absolute Gasteiger partial charge is 0.330 e. The Bertz CT molecular complexity index is 602. The van der Waals surface area contributed by atoms with Crippen molar-refractivity contribution in [3.8, 4) is 0 Å². The minimum absolute atomic E-state index is 0.233. The Kier molecular flexibility index (Phi) is 13.4. The molecule has 0 saturated carbocycles. The van der Waals surface area contributed by atoms with Gasteiger partial charge in [-0.25, -0.2) is 4.79 Å². The molecule has 0 aliphatic heterocycles. The summed E-state index contributed by atoms with van der Waals surface area (Å²) in [5.74, 6) is -0.622. The first kappa shape index (κ1) is 23.8. The lowest BCUT2D eigenvalue weighted by Crippen LogP contribution is -2.09. The van der Waals surface area contributed by atoms with Crippen LogP contribution in [0.5, 0.6) is 0 Å². The molecule has 1 rings (SSSR count). The zero-order chi connectivity index (χ0) is 20.5. The summed E-state index contributed by atoms with van der Waals surface area (Å²) in [4.78, 5) is 32.2. The molecule has 6 nitrogen and oxygen atoms in total. The van der Waals surface area contributed by atoms with Gasteiger partial charge in [-0.05, 0) is 18.9 Å². The lowest BCUT2D eigenvalue weighted by molar-refractivity contribution is -0.143. The lowest BCUT2D eigenvalue weighted by Gasteiger charge is -2.06. The highest BCUT2D eigenvalue weighted by atomic mass is 16.5. The maximum atomic E-state index is 11.9. The van der Waals surface area contributed by atoms with Crippen LogP contribution >= 0.6 is 0 Å². The van der Waals surface area contributed by atoms with Gasteiger partial charge < -0.3 is 9.47 Å². The van der Waals surface area contributed by atoms with E-state index in [0.717, 1.165) is 51.4 Å². The quantitative estimate of drug-likeness (QED) is 0.246. The van der Waals surface area contributed by atoms with Crippen LogP contribution in [0.4, 0.5) is 0 Å². The van der Waals surface area contributed by atoms with Gasteiger partial charge in [0, 0.05) is 24.9 Å². The molecule has 6 heteroatoms. The molecule has 0 aromatic carbocycles. The minimum Gasteiger partial charge on any atom is -0.466 e. The number of rotatable bonds is 15. The Labute approximate surface area is 168 Å². The van der Waals surface area contributed by atoms with Crippen molar-refractivity contribution in [1.82, 2.24) is 9.97 Å². The van der Waals surface area contributed by atoms with Crippen LogP contribution in [0.3, 0.4) is 0 Å². The summed E-state index contributed by atoms with van der Waals surface area (Å²) in [7, 11) is 0. The molecular weight excluding hydrogens is 356 g/mol. The van der Waals surface area contributed by atoms with E-state index in [1.165, 1.54) is 6.08 Å². The molecule has 0 amide bonds. The fourth-order valence-electron chi connectivity index (χ4n) is 2.61. The molecule has 1 heterocycles. The van der Waals surface area contributed by atoms with Crippen molar-refractivity contribution < 1.29 is 19.1 Å². The second-order valence-electron chi connectivity index (χ2n) is 6.73. The molecule has 0 fully saturated rings. The first-order valence-corrected chi connectivity index (χ1v) is 10.5. The van der Waals surface area contributed by atoms with E-state index < -0.39 is 0 Å². The van der Waals surface area contributed by atoms with Crippen molar-refractivity contribution in [2.45, 2.75) is 78.1 Å². The van der Waals surface area contributed by atoms with Crippen LogP contribution in [-0.4, -0.2) is 35.1 Å². The van der Waals surface area contributed by atoms with Gasteiger partial charge >= 0.3 is 11.9 Å². The van der Waals surface area contributed by atoms with E-state index in [9.17, 15) is 9.59 Å². The Morgan fingerprint density at radius 3 is 2.21 bits per heavy atom. The molecule has 0 spiro atoms. The summed E-state index contributed by atoms with van der Waals surface area (Å²) in [6.07, 6.45) is 15.3. The minimum atomic E-state index is -0.389. The van der Waals surface area contributed by atoms with Crippen LogP contribution in [0.25, 0.3) is 6.08 Å². The van der Waals surface area contributed by atoms with Crippen LogP contribution < -0.4 is 0 Å². The third-order valence-electron chi connectivity index (χ3n) is 4.25. The predicted molar refractivity (Wildman–Crippen MR) is 110 cm³/mol. The predicted octanol–water partition coefficient (Wildman–Crippen LogP) is 4.67. The first-order valence-electron chi connectivity index (χ1n) is 10.5. The molecule has 0 unspecified atom stereocenters. The summed E-state index contributed by atoms with van der Waals surface area (Å²) < 4.78 is 10.4. The molecule has 156 valence electrons. The summed E-state index contributed by atoms with van der Waals surface area (Å²) in [6.45, 7) is 5.18. The second-order valence-corrected chi connectivity index (χ2v) is 6.73. The highest BCUT2D eigenvalue weighted by Gasteiger charge is 2.08. The van der Waals surface area contributed by atoms with Gasteiger partial charge in [0.25, 0.3) is 0 Å². The van der Waals surface area contributed by atoms with E-state index in [2.05, 4.69) is 23.8 Å². The van der Waals surface area contributed by atoms with Gasteiger partial charge in [0.15, 0.2) is 0 Å². The summed E-state index contributed by atoms with van der Waals surface area (Å²) in [5.41, 5.74) is 1.23. The van der Waals surface area contributed by atoms with Crippen LogP contribution in [0.2, 0.25) is 0 Å². The molecule has 0 radical (unpaired) electrons. The molecule has 0 aliphatic carbocycles. The van der Waals surface area contributed by atoms with Gasteiger partial charge in [-0.2, -0.15) is 0 Å². The number of carbonyl (C=O) groups excluding carboxylic acids is 2. The molecule has 0 saturated heterocycles. The van der Waals surface area contributed by atoms with Gasteiger partial charge in [0.05, 0.1) is 31.0 Å². The van der Waals surface area contributed by atoms with E-state index in [1.54, 1.807) is 18.5 Å². The molecule has 0 aliphatic rings. The number of hydrogen-bond donors (Lipinski definition) is 0.